The van der Waals surface area contributed by atoms with Gasteiger partial charge in [-0.1, -0.05) is 28.1 Å². The van der Waals surface area contributed by atoms with Crippen molar-refractivity contribution in [1.29, 1.82) is 0 Å². The number of nitrogens with zero attached hydrogens (tertiary/aromatic N) is 2. The number of amides is 2. The van der Waals surface area contributed by atoms with Gasteiger partial charge in [0.15, 0.2) is 23.0 Å². The summed E-state index contributed by atoms with van der Waals surface area (Å²) in [6.45, 7) is 5.88. The van der Waals surface area contributed by atoms with E-state index in [0.29, 0.717) is 12.1 Å². The van der Waals surface area contributed by atoms with Crippen LogP contribution in [0.2, 0.25) is 0 Å². The van der Waals surface area contributed by atoms with Crippen LogP contribution < -0.4 is 21.5 Å². The fourth-order valence-corrected chi connectivity index (χ4v) is 4.30. The van der Waals surface area contributed by atoms with Gasteiger partial charge in [-0.2, -0.15) is 10.2 Å². The highest BCUT2D eigenvalue weighted by Crippen LogP contribution is 2.21. The standard InChI is InChI=1S/C36H37BrN6O10/c1-20(44)29(42-40-26-10-7-22(8-11-26)17-18-53-35(50)36(3,4)37)31(46)38-24-12-14-25(15-13-24)39-32(47)30(21(2)45)43-41-28-19-23(33(48)51-5)9-16-27(28)34(49)52-6/h7-16,19,40-41H,17-18H2,1-6H3,(H,38,46)(H,39,47)/b42-29-,43-30-. The summed E-state index contributed by atoms with van der Waals surface area (Å²) >= 11 is 3.25. The number of methoxy groups -OCH3 is 2. The lowest BCUT2D eigenvalue weighted by Crippen LogP contribution is -2.30. The number of ketones is 2. The molecule has 0 saturated heterocycles. The lowest BCUT2D eigenvalue weighted by molar-refractivity contribution is -0.145. The minimum atomic E-state index is -0.905. The second-order valence-corrected chi connectivity index (χ2v) is 13.5. The molecule has 0 heterocycles. The normalized spacial score (nSPS) is 11.5. The lowest BCUT2D eigenvalue weighted by Gasteiger charge is -2.14. The first kappa shape index (κ1) is 41.2. The molecule has 0 aromatic heterocycles. The molecule has 3 aromatic carbocycles. The van der Waals surface area contributed by atoms with Crippen molar-refractivity contribution in [2.75, 3.05) is 42.3 Å². The van der Waals surface area contributed by atoms with Gasteiger partial charge >= 0.3 is 17.9 Å². The molecule has 53 heavy (non-hydrogen) atoms. The van der Waals surface area contributed by atoms with E-state index in [4.69, 9.17) is 14.2 Å². The molecular formula is C36H37BrN6O10. The maximum Gasteiger partial charge on any atom is 0.340 e. The molecule has 3 aromatic rings. The summed E-state index contributed by atoms with van der Waals surface area (Å²) < 4.78 is 13.9. The molecule has 3 rings (SSSR count). The summed E-state index contributed by atoms with van der Waals surface area (Å²) in [6.07, 6.45) is 0.485. The Bertz CT molecular complexity index is 1950. The van der Waals surface area contributed by atoms with Crippen molar-refractivity contribution in [3.05, 3.63) is 83.4 Å². The van der Waals surface area contributed by atoms with E-state index in [-0.39, 0.29) is 40.8 Å². The predicted octanol–water partition coefficient (Wildman–Crippen LogP) is 4.51. The Morgan fingerprint density at radius 3 is 1.64 bits per heavy atom. The zero-order valence-corrected chi connectivity index (χ0v) is 31.2. The maximum atomic E-state index is 13.0. The fraction of sp³-hybridized carbons (Fsp3) is 0.250. The van der Waals surface area contributed by atoms with E-state index in [9.17, 15) is 33.6 Å². The number of carbonyl (C=O) groups is 7. The van der Waals surface area contributed by atoms with Crippen molar-refractivity contribution >= 4 is 91.4 Å². The minimum absolute atomic E-state index is 0.0275. The van der Waals surface area contributed by atoms with Gasteiger partial charge in [0.25, 0.3) is 11.8 Å². The Hall–Kier alpha value is -6.23. The van der Waals surface area contributed by atoms with Crippen LogP contribution in [0.5, 0.6) is 0 Å². The molecule has 0 aliphatic rings. The topological polar surface area (TPSA) is 220 Å². The Balaban J connectivity index is 1.65. The number of hydrazone groups is 2. The van der Waals surface area contributed by atoms with E-state index >= 15 is 0 Å². The first-order valence-electron chi connectivity index (χ1n) is 15.7. The lowest BCUT2D eigenvalue weighted by atomic mass is 10.1. The average Bonchev–Trinajstić information content (AvgIpc) is 3.11. The molecule has 0 radical (unpaired) electrons. The van der Waals surface area contributed by atoms with Crippen LogP contribution in [0.25, 0.3) is 0 Å². The molecular weight excluding hydrogens is 756 g/mol. The van der Waals surface area contributed by atoms with Gasteiger partial charge in [-0.25, -0.2) is 9.59 Å². The van der Waals surface area contributed by atoms with Crippen LogP contribution in [0.1, 0.15) is 54.0 Å². The maximum absolute atomic E-state index is 13.0. The van der Waals surface area contributed by atoms with Gasteiger partial charge in [0, 0.05) is 31.6 Å². The molecule has 2 amide bonds. The van der Waals surface area contributed by atoms with Crippen LogP contribution in [-0.2, 0) is 44.6 Å². The molecule has 4 N–H and O–H groups in total. The largest absolute Gasteiger partial charge is 0.465 e. The highest BCUT2D eigenvalue weighted by Gasteiger charge is 2.25. The number of hydrogen-bond acceptors (Lipinski definition) is 14. The highest BCUT2D eigenvalue weighted by molar-refractivity contribution is 9.10. The molecule has 0 spiro atoms. The summed E-state index contributed by atoms with van der Waals surface area (Å²) in [5.74, 6) is -4.87. The van der Waals surface area contributed by atoms with Crippen LogP contribution in [0, 0.1) is 0 Å². The zero-order valence-electron chi connectivity index (χ0n) is 29.6. The number of anilines is 4. The Labute approximate surface area is 312 Å². The number of halogens is 1. The monoisotopic (exact) mass is 792 g/mol. The molecule has 0 bridgehead atoms. The number of Topliss-reactive ketones (excluding diaryl/α,β-unsaturated/α-hetero) is 2. The summed E-state index contributed by atoms with van der Waals surface area (Å²) in [5.41, 5.74) is 6.08. The van der Waals surface area contributed by atoms with Crippen molar-refractivity contribution < 1.29 is 47.8 Å². The number of benzene rings is 3. The van der Waals surface area contributed by atoms with Crippen LogP contribution in [0.3, 0.4) is 0 Å². The SMILES string of the molecule is COC(=O)c1ccc(C(=O)OC)c(N/N=C(/C(C)=O)C(=O)Nc2ccc(NC(=O)/C(=N\Nc3ccc(CCOC(=O)C(C)(C)Br)cc3)C(C)=O)cc2)c1. The second-order valence-electron chi connectivity index (χ2n) is 11.5. The van der Waals surface area contributed by atoms with E-state index in [0.717, 1.165) is 19.6 Å². The van der Waals surface area contributed by atoms with Crippen molar-refractivity contribution in [1.82, 2.24) is 0 Å². The molecule has 278 valence electrons. The molecule has 0 aliphatic heterocycles. The number of nitrogens with one attached hydrogen (secondary N) is 4. The molecule has 0 unspecified atom stereocenters. The summed E-state index contributed by atoms with van der Waals surface area (Å²) in [6, 6.07) is 16.6. The number of esters is 3. The van der Waals surface area contributed by atoms with E-state index in [1.165, 1.54) is 56.5 Å². The smallest absolute Gasteiger partial charge is 0.340 e. The summed E-state index contributed by atoms with van der Waals surface area (Å²) in [5, 5.41) is 12.9. The highest BCUT2D eigenvalue weighted by atomic mass is 79.9. The predicted molar refractivity (Wildman–Crippen MR) is 200 cm³/mol. The van der Waals surface area contributed by atoms with E-state index in [2.05, 4.69) is 47.6 Å². The Kier molecular flexibility index (Phi) is 14.6. The van der Waals surface area contributed by atoms with Gasteiger partial charge in [0.05, 0.1) is 43.3 Å². The molecule has 17 heteroatoms. The molecule has 0 aliphatic carbocycles. The van der Waals surface area contributed by atoms with Crippen LogP contribution in [0.4, 0.5) is 22.7 Å². The fourth-order valence-electron chi connectivity index (χ4n) is 4.18. The van der Waals surface area contributed by atoms with Gasteiger partial charge in [-0.15, -0.1) is 0 Å². The van der Waals surface area contributed by atoms with Crippen LogP contribution in [0.15, 0.2) is 76.9 Å². The number of carbonyl (C=O) groups excluding carboxylic acids is 7. The molecule has 0 fully saturated rings. The van der Waals surface area contributed by atoms with Crippen molar-refractivity contribution in [3.63, 3.8) is 0 Å². The van der Waals surface area contributed by atoms with Gasteiger partial charge in [0.1, 0.15) is 4.32 Å². The number of alkyl halides is 1. The third-order valence-corrected chi connectivity index (χ3v) is 7.32. The average molecular weight is 794 g/mol. The number of hydrogen-bond donors (Lipinski definition) is 4. The minimum Gasteiger partial charge on any atom is -0.465 e. The van der Waals surface area contributed by atoms with Crippen molar-refractivity contribution in [2.24, 2.45) is 10.2 Å². The third kappa shape index (κ3) is 12.2. The van der Waals surface area contributed by atoms with E-state index < -0.39 is 51.1 Å². The summed E-state index contributed by atoms with van der Waals surface area (Å²) in [4.78, 5) is 86.6. The molecule has 0 atom stereocenters. The number of ether oxygens (including phenoxy) is 3. The van der Waals surface area contributed by atoms with E-state index in [1.54, 1.807) is 38.1 Å². The summed E-state index contributed by atoms with van der Waals surface area (Å²) in [7, 11) is 2.33. The van der Waals surface area contributed by atoms with E-state index in [1.807, 2.05) is 0 Å². The quantitative estimate of drug-likeness (QED) is 0.0393. The molecule has 0 saturated carbocycles. The third-order valence-electron chi connectivity index (χ3n) is 6.99. The second kappa shape index (κ2) is 18.8. The van der Waals surface area contributed by atoms with Gasteiger partial charge < -0.3 is 24.8 Å². The first-order valence-corrected chi connectivity index (χ1v) is 16.5. The number of rotatable bonds is 16. The van der Waals surface area contributed by atoms with Crippen molar-refractivity contribution in [2.45, 2.75) is 38.4 Å². The Morgan fingerprint density at radius 2 is 1.17 bits per heavy atom. The molecule has 16 nitrogen and oxygen atoms in total. The first-order chi connectivity index (χ1) is 25.0. The van der Waals surface area contributed by atoms with Crippen LogP contribution >= 0.6 is 15.9 Å². The van der Waals surface area contributed by atoms with Crippen LogP contribution in [-0.4, -0.2) is 77.9 Å². The Morgan fingerprint density at radius 1 is 0.679 bits per heavy atom. The zero-order chi connectivity index (χ0) is 39.3. The van der Waals surface area contributed by atoms with Gasteiger partial charge in [-0.05, 0) is 74.0 Å². The van der Waals surface area contributed by atoms with Gasteiger partial charge in [0.2, 0.25) is 0 Å². The van der Waals surface area contributed by atoms with Crippen molar-refractivity contribution in [3.8, 4) is 0 Å². The van der Waals surface area contributed by atoms with Gasteiger partial charge in [-0.3, -0.25) is 34.8 Å².